The van der Waals surface area contributed by atoms with Crippen LogP contribution in [0.3, 0.4) is 0 Å². The summed E-state index contributed by atoms with van der Waals surface area (Å²) in [6.07, 6.45) is 7.02. The first-order valence-corrected chi connectivity index (χ1v) is 7.70. The fourth-order valence-corrected chi connectivity index (χ4v) is 3.09. The maximum atomic E-state index is 3.70. The SMILES string of the molecule is CCNC(CN(C)CCCN(C)C)C1CCCC1. The lowest BCUT2D eigenvalue weighted by molar-refractivity contribution is 0.233. The van der Waals surface area contributed by atoms with Gasteiger partial charge in [0.15, 0.2) is 0 Å². The van der Waals surface area contributed by atoms with E-state index in [0.717, 1.165) is 12.5 Å². The summed E-state index contributed by atoms with van der Waals surface area (Å²) in [5.74, 6) is 0.918. The molecule has 1 saturated carbocycles. The largest absolute Gasteiger partial charge is 0.313 e. The van der Waals surface area contributed by atoms with Gasteiger partial charge in [-0.25, -0.2) is 0 Å². The Balaban J connectivity index is 2.25. The van der Waals surface area contributed by atoms with Crippen LogP contribution in [-0.2, 0) is 0 Å². The van der Waals surface area contributed by atoms with Gasteiger partial charge in [-0.15, -0.1) is 0 Å². The highest BCUT2D eigenvalue weighted by molar-refractivity contribution is 4.82. The summed E-state index contributed by atoms with van der Waals surface area (Å²) < 4.78 is 0. The zero-order chi connectivity index (χ0) is 13.4. The molecule has 108 valence electrons. The first-order chi connectivity index (χ1) is 8.63. The molecule has 0 saturated heterocycles. The van der Waals surface area contributed by atoms with Crippen molar-refractivity contribution < 1.29 is 0 Å². The number of hydrogen-bond donors (Lipinski definition) is 1. The summed E-state index contributed by atoms with van der Waals surface area (Å²) in [6.45, 7) is 6.96. The topological polar surface area (TPSA) is 18.5 Å². The first kappa shape index (κ1) is 15.9. The molecule has 1 atom stereocenters. The van der Waals surface area contributed by atoms with Crippen LogP contribution in [0.1, 0.15) is 39.0 Å². The molecule has 0 spiro atoms. The van der Waals surface area contributed by atoms with Crippen LogP contribution < -0.4 is 5.32 Å². The van der Waals surface area contributed by atoms with E-state index in [1.54, 1.807) is 0 Å². The van der Waals surface area contributed by atoms with Crippen molar-refractivity contribution in [1.29, 1.82) is 0 Å². The van der Waals surface area contributed by atoms with Gasteiger partial charge in [-0.05, 0) is 66.0 Å². The first-order valence-electron chi connectivity index (χ1n) is 7.70. The lowest BCUT2D eigenvalue weighted by atomic mass is 9.97. The summed E-state index contributed by atoms with van der Waals surface area (Å²) in [5, 5.41) is 3.70. The van der Waals surface area contributed by atoms with Crippen molar-refractivity contribution in [1.82, 2.24) is 15.1 Å². The van der Waals surface area contributed by atoms with Crippen molar-refractivity contribution in [3.05, 3.63) is 0 Å². The van der Waals surface area contributed by atoms with Gasteiger partial charge in [-0.3, -0.25) is 0 Å². The lowest BCUT2D eigenvalue weighted by Gasteiger charge is -2.29. The van der Waals surface area contributed by atoms with Crippen molar-refractivity contribution in [3.8, 4) is 0 Å². The fourth-order valence-electron chi connectivity index (χ4n) is 3.09. The number of rotatable bonds is 9. The molecule has 0 aromatic heterocycles. The van der Waals surface area contributed by atoms with Gasteiger partial charge in [0.2, 0.25) is 0 Å². The van der Waals surface area contributed by atoms with Crippen LogP contribution in [0.15, 0.2) is 0 Å². The monoisotopic (exact) mass is 255 g/mol. The summed E-state index contributed by atoms with van der Waals surface area (Å²) in [7, 11) is 6.58. The van der Waals surface area contributed by atoms with E-state index in [4.69, 9.17) is 0 Å². The van der Waals surface area contributed by atoms with Crippen molar-refractivity contribution >= 4 is 0 Å². The number of likely N-dealkylation sites (N-methyl/N-ethyl adjacent to an activating group) is 2. The third kappa shape index (κ3) is 6.17. The van der Waals surface area contributed by atoms with E-state index in [1.165, 1.54) is 51.7 Å². The minimum Gasteiger partial charge on any atom is -0.313 e. The van der Waals surface area contributed by atoms with Crippen LogP contribution in [0.5, 0.6) is 0 Å². The van der Waals surface area contributed by atoms with Gasteiger partial charge < -0.3 is 15.1 Å². The van der Waals surface area contributed by atoms with Gasteiger partial charge >= 0.3 is 0 Å². The number of nitrogens with zero attached hydrogens (tertiary/aromatic N) is 2. The Morgan fingerprint density at radius 1 is 1.11 bits per heavy atom. The molecule has 1 rings (SSSR count). The summed E-state index contributed by atoms with van der Waals surface area (Å²) in [4.78, 5) is 4.78. The molecular weight excluding hydrogens is 222 g/mol. The van der Waals surface area contributed by atoms with Crippen molar-refractivity contribution in [2.45, 2.75) is 45.1 Å². The Kier molecular flexibility index (Phi) is 7.87. The van der Waals surface area contributed by atoms with Gasteiger partial charge in [-0.1, -0.05) is 19.8 Å². The molecule has 1 aliphatic carbocycles. The molecule has 1 aliphatic rings. The summed E-state index contributed by atoms with van der Waals surface area (Å²) in [5.41, 5.74) is 0. The highest BCUT2D eigenvalue weighted by atomic mass is 15.1. The Morgan fingerprint density at radius 2 is 1.78 bits per heavy atom. The van der Waals surface area contributed by atoms with Crippen LogP contribution in [0.25, 0.3) is 0 Å². The van der Waals surface area contributed by atoms with Crippen LogP contribution in [-0.4, -0.2) is 63.2 Å². The highest BCUT2D eigenvalue weighted by Crippen LogP contribution is 2.28. The molecule has 0 radical (unpaired) electrons. The normalized spacial score (nSPS) is 19.0. The smallest absolute Gasteiger partial charge is 0.0222 e. The fraction of sp³-hybridized carbons (Fsp3) is 1.00. The number of hydrogen-bond acceptors (Lipinski definition) is 3. The molecule has 1 N–H and O–H groups in total. The van der Waals surface area contributed by atoms with Gasteiger partial charge in [-0.2, -0.15) is 0 Å². The number of nitrogens with one attached hydrogen (secondary N) is 1. The van der Waals surface area contributed by atoms with Crippen molar-refractivity contribution in [2.24, 2.45) is 5.92 Å². The van der Waals surface area contributed by atoms with E-state index >= 15 is 0 Å². The van der Waals surface area contributed by atoms with Gasteiger partial charge in [0, 0.05) is 12.6 Å². The van der Waals surface area contributed by atoms with E-state index in [2.05, 4.69) is 43.2 Å². The Hall–Kier alpha value is -0.120. The predicted octanol–water partition coefficient (Wildman–Crippen LogP) is 2.04. The molecule has 1 fully saturated rings. The van der Waals surface area contributed by atoms with Gasteiger partial charge in [0.25, 0.3) is 0 Å². The van der Waals surface area contributed by atoms with Gasteiger partial charge in [0.1, 0.15) is 0 Å². The van der Waals surface area contributed by atoms with Crippen LogP contribution in [0.4, 0.5) is 0 Å². The zero-order valence-electron chi connectivity index (χ0n) is 12.9. The Bertz CT molecular complexity index is 200. The predicted molar refractivity (Wildman–Crippen MR) is 80.1 cm³/mol. The maximum Gasteiger partial charge on any atom is 0.0222 e. The molecule has 3 nitrogen and oxygen atoms in total. The second-order valence-corrected chi connectivity index (χ2v) is 6.13. The van der Waals surface area contributed by atoms with Crippen LogP contribution in [0.2, 0.25) is 0 Å². The van der Waals surface area contributed by atoms with E-state index in [-0.39, 0.29) is 0 Å². The van der Waals surface area contributed by atoms with E-state index in [9.17, 15) is 0 Å². The second kappa shape index (κ2) is 8.89. The Morgan fingerprint density at radius 3 is 2.33 bits per heavy atom. The van der Waals surface area contributed by atoms with E-state index < -0.39 is 0 Å². The third-order valence-electron chi connectivity index (χ3n) is 4.09. The quantitative estimate of drug-likeness (QED) is 0.680. The molecule has 0 aromatic carbocycles. The maximum absolute atomic E-state index is 3.70. The minimum absolute atomic E-state index is 0.710. The molecule has 18 heavy (non-hydrogen) atoms. The molecule has 3 heteroatoms. The molecule has 0 aromatic rings. The molecule has 0 aliphatic heterocycles. The van der Waals surface area contributed by atoms with Crippen LogP contribution >= 0.6 is 0 Å². The molecule has 0 bridgehead atoms. The molecule has 0 heterocycles. The standard InChI is InChI=1S/C15H33N3/c1-5-16-15(14-9-6-7-10-14)13-18(4)12-8-11-17(2)3/h14-16H,5-13H2,1-4H3. The average molecular weight is 255 g/mol. The third-order valence-corrected chi connectivity index (χ3v) is 4.09. The van der Waals surface area contributed by atoms with Crippen LogP contribution in [0, 0.1) is 5.92 Å². The lowest BCUT2D eigenvalue weighted by Crippen LogP contribution is -2.44. The average Bonchev–Trinajstić information content (AvgIpc) is 2.81. The summed E-state index contributed by atoms with van der Waals surface area (Å²) in [6, 6.07) is 0.710. The van der Waals surface area contributed by atoms with Crippen molar-refractivity contribution in [3.63, 3.8) is 0 Å². The van der Waals surface area contributed by atoms with E-state index in [1.807, 2.05) is 0 Å². The zero-order valence-corrected chi connectivity index (χ0v) is 12.9. The minimum atomic E-state index is 0.710. The van der Waals surface area contributed by atoms with Gasteiger partial charge in [0.05, 0.1) is 0 Å². The molecule has 0 amide bonds. The van der Waals surface area contributed by atoms with E-state index in [0.29, 0.717) is 6.04 Å². The molecular formula is C15H33N3. The summed E-state index contributed by atoms with van der Waals surface area (Å²) >= 11 is 0. The molecule has 1 unspecified atom stereocenters. The van der Waals surface area contributed by atoms with Crippen molar-refractivity contribution in [2.75, 3.05) is 47.3 Å². The second-order valence-electron chi connectivity index (χ2n) is 6.13. The highest BCUT2D eigenvalue weighted by Gasteiger charge is 2.24. The Labute approximate surface area is 114 Å².